The topological polar surface area (TPSA) is 27.7 Å². The Balaban J connectivity index is 3.30. The van der Waals surface area contributed by atoms with E-state index in [2.05, 4.69) is 19.6 Å². The van der Waals surface area contributed by atoms with Crippen molar-refractivity contribution >= 4 is 37.9 Å². The molecule has 62 valence electrons. The fourth-order valence-corrected chi connectivity index (χ4v) is 5.86. The number of rotatable bonds is 6. The molecule has 0 amide bonds. The summed E-state index contributed by atoms with van der Waals surface area (Å²) in [5, 5.41) is 0. The minimum atomic E-state index is -0.876. The maximum Gasteiger partial charge on any atom is 0.298 e. The molecule has 0 aliphatic rings. The molecule has 0 heterocycles. The maximum absolute atomic E-state index is 5.35. The molecule has 0 saturated heterocycles. The molecule has 0 aliphatic heterocycles. The van der Waals surface area contributed by atoms with E-state index in [0.717, 1.165) is 0 Å². The van der Waals surface area contributed by atoms with Crippen molar-refractivity contribution in [3.05, 3.63) is 0 Å². The fraction of sp³-hybridized carbons (Fsp3) is 1.00. The molecule has 0 radical (unpaired) electrons. The molecule has 0 N–H and O–H groups in total. The molecule has 0 aliphatic carbocycles. The van der Waals surface area contributed by atoms with Crippen LogP contribution in [0.4, 0.5) is 0 Å². The van der Waals surface area contributed by atoms with Crippen LogP contribution in [-0.4, -0.2) is 29.3 Å². The van der Waals surface area contributed by atoms with Gasteiger partial charge in [0, 0.05) is 0 Å². The molecule has 0 spiro atoms. The van der Waals surface area contributed by atoms with Crippen molar-refractivity contribution in [3.8, 4) is 0 Å². The summed E-state index contributed by atoms with van der Waals surface area (Å²) >= 11 is 0. The van der Waals surface area contributed by atoms with Crippen LogP contribution < -0.4 is 0 Å². The standard InChI is InChI=1S/C3H15O3PSi3/c1-8-4-7(5-9-2)6-10-3/h8-10H2,1-3H3. The lowest BCUT2D eigenvalue weighted by Gasteiger charge is -2.14. The summed E-state index contributed by atoms with van der Waals surface area (Å²) in [6.07, 6.45) is 0. The van der Waals surface area contributed by atoms with Crippen LogP contribution >= 0.6 is 8.60 Å². The molecule has 0 saturated carbocycles. The molecule has 0 aromatic carbocycles. The van der Waals surface area contributed by atoms with Crippen molar-refractivity contribution in [2.75, 3.05) is 0 Å². The van der Waals surface area contributed by atoms with Gasteiger partial charge >= 0.3 is 0 Å². The summed E-state index contributed by atoms with van der Waals surface area (Å²) in [7, 11) is -1.93. The first-order valence-corrected chi connectivity index (χ1v) is 10.6. The van der Waals surface area contributed by atoms with Gasteiger partial charge in [0.25, 0.3) is 8.60 Å². The van der Waals surface area contributed by atoms with E-state index in [-0.39, 0.29) is 29.3 Å². The minimum absolute atomic E-state index is 0.351. The van der Waals surface area contributed by atoms with Gasteiger partial charge in [0.2, 0.25) is 0 Å². The second-order valence-electron chi connectivity index (χ2n) is 1.48. The second-order valence-corrected chi connectivity index (χ2v) is 6.75. The Morgan fingerprint density at radius 1 is 0.800 bits per heavy atom. The predicted octanol–water partition coefficient (Wildman–Crippen LogP) is -0.341. The van der Waals surface area contributed by atoms with Crippen molar-refractivity contribution in [1.82, 2.24) is 0 Å². The van der Waals surface area contributed by atoms with Crippen LogP contribution in [0.25, 0.3) is 0 Å². The van der Waals surface area contributed by atoms with Crippen LogP contribution in [0.15, 0.2) is 0 Å². The van der Waals surface area contributed by atoms with Gasteiger partial charge in [0.15, 0.2) is 29.3 Å². The molecular weight excluding hydrogens is 199 g/mol. The van der Waals surface area contributed by atoms with E-state index in [1.165, 1.54) is 0 Å². The Kier molecular flexibility index (Phi) is 8.84. The lowest BCUT2D eigenvalue weighted by atomic mass is 11.9. The molecule has 0 fully saturated rings. The molecule has 3 nitrogen and oxygen atoms in total. The second kappa shape index (κ2) is 8.06. The van der Waals surface area contributed by atoms with Crippen LogP contribution in [0.1, 0.15) is 0 Å². The highest BCUT2D eigenvalue weighted by Crippen LogP contribution is 2.37. The Morgan fingerprint density at radius 3 is 1.30 bits per heavy atom. The first-order valence-electron chi connectivity index (χ1n) is 3.54. The quantitative estimate of drug-likeness (QED) is 0.447. The Labute approximate surface area is 70.7 Å². The van der Waals surface area contributed by atoms with Gasteiger partial charge in [-0.2, -0.15) is 0 Å². The average Bonchev–Trinajstić information content (AvgIpc) is 1.90. The summed E-state index contributed by atoms with van der Waals surface area (Å²) in [5.74, 6) is 0. The molecule has 10 heavy (non-hydrogen) atoms. The molecule has 0 rings (SSSR count). The SMILES string of the molecule is C[SiH2]OP(O[SiH2]C)O[SiH2]C. The predicted molar refractivity (Wildman–Crippen MR) is 53.4 cm³/mol. The molecule has 7 heteroatoms. The largest absolute Gasteiger partial charge is 0.363 e. The monoisotopic (exact) mass is 214 g/mol. The number of hydrogen-bond donors (Lipinski definition) is 0. The Bertz CT molecular complexity index is 61.7. The van der Waals surface area contributed by atoms with Crippen LogP contribution in [0, 0.1) is 0 Å². The lowest BCUT2D eigenvalue weighted by Crippen LogP contribution is -1.99. The Morgan fingerprint density at radius 2 is 1.10 bits per heavy atom. The van der Waals surface area contributed by atoms with Gasteiger partial charge in [-0.25, -0.2) is 0 Å². The van der Waals surface area contributed by atoms with Gasteiger partial charge in [0.1, 0.15) is 0 Å². The summed E-state index contributed by atoms with van der Waals surface area (Å²) in [6.45, 7) is 6.28. The first kappa shape index (κ1) is 11.0. The summed E-state index contributed by atoms with van der Waals surface area (Å²) in [6, 6.07) is 0. The lowest BCUT2D eigenvalue weighted by molar-refractivity contribution is 0.421. The molecular formula is C3H15O3PSi3. The zero-order chi connectivity index (χ0) is 7.82. The highest BCUT2D eigenvalue weighted by atomic mass is 31.2. The van der Waals surface area contributed by atoms with Crippen LogP contribution in [0.3, 0.4) is 0 Å². The molecule has 0 aromatic rings. The third-order valence-electron chi connectivity index (χ3n) is 0.704. The van der Waals surface area contributed by atoms with Gasteiger partial charge in [-0.15, -0.1) is 0 Å². The minimum Gasteiger partial charge on any atom is -0.363 e. The smallest absolute Gasteiger partial charge is 0.298 e. The normalized spacial score (nSPS) is 17.1. The van der Waals surface area contributed by atoms with Crippen LogP contribution in [0.5, 0.6) is 0 Å². The van der Waals surface area contributed by atoms with E-state index in [0.29, 0.717) is 0 Å². The Hall–Kier alpha value is 0.961. The van der Waals surface area contributed by atoms with Gasteiger partial charge < -0.3 is 12.6 Å². The van der Waals surface area contributed by atoms with Crippen molar-refractivity contribution in [2.24, 2.45) is 0 Å². The summed E-state index contributed by atoms with van der Waals surface area (Å²) in [4.78, 5) is 0. The molecule has 0 atom stereocenters. The highest BCUT2D eigenvalue weighted by molar-refractivity contribution is 7.45. The molecule has 0 bridgehead atoms. The summed E-state index contributed by atoms with van der Waals surface area (Å²) in [5.41, 5.74) is 0. The first-order chi connectivity index (χ1) is 4.85. The zero-order valence-electron chi connectivity index (χ0n) is 6.79. The van der Waals surface area contributed by atoms with E-state index in [1.807, 2.05) is 0 Å². The van der Waals surface area contributed by atoms with Gasteiger partial charge in [0.05, 0.1) is 0 Å². The van der Waals surface area contributed by atoms with Crippen molar-refractivity contribution in [2.45, 2.75) is 19.6 Å². The van der Waals surface area contributed by atoms with E-state index < -0.39 is 8.60 Å². The van der Waals surface area contributed by atoms with Crippen LogP contribution in [0.2, 0.25) is 19.6 Å². The maximum atomic E-state index is 5.35. The molecule has 0 unspecified atom stereocenters. The van der Waals surface area contributed by atoms with E-state index >= 15 is 0 Å². The van der Waals surface area contributed by atoms with E-state index in [4.69, 9.17) is 12.6 Å². The van der Waals surface area contributed by atoms with Crippen molar-refractivity contribution in [3.63, 3.8) is 0 Å². The molecule has 0 aromatic heterocycles. The van der Waals surface area contributed by atoms with Gasteiger partial charge in [-0.1, -0.05) is 19.6 Å². The fourth-order valence-electron chi connectivity index (χ4n) is 0.428. The van der Waals surface area contributed by atoms with E-state index in [9.17, 15) is 0 Å². The number of hydrogen-bond acceptors (Lipinski definition) is 3. The van der Waals surface area contributed by atoms with Gasteiger partial charge in [-0.05, 0) is 0 Å². The van der Waals surface area contributed by atoms with E-state index in [1.54, 1.807) is 0 Å². The zero-order valence-corrected chi connectivity index (χ0v) is 11.9. The van der Waals surface area contributed by atoms with Gasteiger partial charge in [-0.3, -0.25) is 0 Å². The van der Waals surface area contributed by atoms with Crippen molar-refractivity contribution in [1.29, 1.82) is 0 Å². The van der Waals surface area contributed by atoms with Crippen LogP contribution in [-0.2, 0) is 12.6 Å². The third kappa shape index (κ3) is 5.72. The highest BCUT2D eigenvalue weighted by Gasteiger charge is 2.06. The van der Waals surface area contributed by atoms with Crippen molar-refractivity contribution < 1.29 is 12.6 Å². The summed E-state index contributed by atoms with van der Waals surface area (Å²) < 4.78 is 16.1. The average molecular weight is 214 g/mol. The third-order valence-corrected chi connectivity index (χ3v) is 6.33.